The van der Waals surface area contributed by atoms with Crippen molar-refractivity contribution in [1.82, 2.24) is 0 Å². The van der Waals surface area contributed by atoms with Gasteiger partial charge in [-0.1, -0.05) is 26.8 Å². The molecule has 8 heteroatoms. The Morgan fingerprint density at radius 1 is 1.30 bits per heavy atom. The van der Waals surface area contributed by atoms with Crippen molar-refractivity contribution in [2.24, 2.45) is 5.14 Å². The summed E-state index contributed by atoms with van der Waals surface area (Å²) in [5.41, 5.74) is 0.812. The SMILES string of the molecule is CC(C)(C)SCC(=O)Nc1cccc(NS(N)(=O)=O)c1. The van der Waals surface area contributed by atoms with E-state index in [0.717, 1.165) is 0 Å². The van der Waals surface area contributed by atoms with Crippen LogP contribution in [0.2, 0.25) is 0 Å². The molecule has 0 aromatic heterocycles. The van der Waals surface area contributed by atoms with Gasteiger partial charge >= 0.3 is 0 Å². The van der Waals surface area contributed by atoms with E-state index < -0.39 is 10.2 Å². The first-order valence-corrected chi connectivity index (χ1v) is 8.43. The molecule has 0 aliphatic carbocycles. The molecule has 0 saturated heterocycles. The van der Waals surface area contributed by atoms with Crippen LogP contribution in [0.25, 0.3) is 0 Å². The molecule has 0 spiro atoms. The number of anilines is 2. The molecule has 0 heterocycles. The smallest absolute Gasteiger partial charge is 0.296 e. The lowest BCUT2D eigenvalue weighted by molar-refractivity contribution is -0.113. The third-order valence-electron chi connectivity index (χ3n) is 2.04. The minimum atomic E-state index is -3.82. The number of nitrogens with one attached hydrogen (secondary N) is 2. The van der Waals surface area contributed by atoms with E-state index in [1.807, 2.05) is 20.8 Å². The Labute approximate surface area is 123 Å². The van der Waals surface area contributed by atoms with Gasteiger partial charge in [0.05, 0.1) is 11.4 Å². The van der Waals surface area contributed by atoms with Gasteiger partial charge in [0, 0.05) is 10.4 Å². The largest absolute Gasteiger partial charge is 0.325 e. The molecular weight excluding hydrogens is 298 g/mol. The van der Waals surface area contributed by atoms with Crippen LogP contribution in [0.15, 0.2) is 24.3 Å². The van der Waals surface area contributed by atoms with Crippen molar-refractivity contribution in [2.75, 3.05) is 15.8 Å². The zero-order chi connectivity index (χ0) is 15.4. The Bertz CT molecular complexity index is 580. The molecule has 6 nitrogen and oxygen atoms in total. The second-order valence-corrected chi connectivity index (χ2v) is 8.27. The van der Waals surface area contributed by atoms with Gasteiger partial charge in [-0.15, -0.1) is 11.8 Å². The molecule has 1 amide bonds. The predicted octanol–water partition coefficient (Wildman–Crippen LogP) is 1.77. The molecule has 1 aromatic rings. The summed E-state index contributed by atoms with van der Waals surface area (Å²) in [6.07, 6.45) is 0. The predicted molar refractivity (Wildman–Crippen MR) is 84.0 cm³/mol. The second kappa shape index (κ2) is 6.47. The van der Waals surface area contributed by atoms with Gasteiger partial charge in [-0.25, -0.2) is 5.14 Å². The molecule has 0 saturated carbocycles. The van der Waals surface area contributed by atoms with E-state index in [-0.39, 0.29) is 10.7 Å². The molecule has 20 heavy (non-hydrogen) atoms. The zero-order valence-electron chi connectivity index (χ0n) is 11.6. The van der Waals surface area contributed by atoms with Crippen LogP contribution < -0.4 is 15.2 Å². The summed E-state index contributed by atoms with van der Waals surface area (Å²) in [7, 11) is -3.82. The molecule has 0 fully saturated rings. The summed E-state index contributed by atoms with van der Waals surface area (Å²) in [5.74, 6) is 0.189. The Hall–Kier alpha value is -1.25. The van der Waals surface area contributed by atoms with E-state index in [1.165, 1.54) is 17.8 Å². The van der Waals surface area contributed by atoms with Gasteiger partial charge in [-0.05, 0) is 18.2 Å². The van der Waals surface area contributed by atoms with E-state index in [1.54, 1.807) is 18.2 Å². The maximum atomic E-state index is 11.8. The van der Waals surface area contributed by atoms with Gasteiger partial charge in [0.25, 0.3) is 10.2 Å². The summed E-state index contributed by atoms with van der Waals surface area (Å²) >= 11 is 1.53. The molecule has 1 rings (SSSR count). The van der Waals surface area contributed by atoms with Crippen molar-refractivity contribution in [1.29, 1.82) is 0 Å². The molecule has 0 atom stereocenters. The van der Waals surface area contributed by atoms with Gasteiger partial charge in [-0.2, -0.15) is 8.42 Å². The van der Waals surface area contributed by atoms with E-state index in [9.17, 15) is 13.2 Å². The Morgan fingerprint density at radius 3 is 2.45 bits per heavy atom. The quantitative estimate of drug-likeness (QED) is 0.770. The van der Waals surface area contributed by atoms with Crippen molar-refractivity contribution < 1.29 is 13.2 Å². The summed E-state index contributed by atoms with van der Waals surface area (Å²) in [4.78, 5) is 11.8. The van der Waals surface area contributed by atoms with Crippen LogP contribution in [-0.2, 0) is 15.0 Å². The molecular formula is C12H19N3O3S2. The summed E-state index contributed by atoms with van der Waals surface area (Å²) in [6.45, 7) is 6.09. The van der Waals surface area contributed by atoms with E-state index >= 15 is 0 Å². The van der Waals surface area contributed by atoms with Gasteiger partial charge in [0.1, 0.15) is 0 Å². The molecule has 0 aliphatic rings. The first kappa shape index (κ1) is 16.8. The van der Waals surface area contributed by atoms with Crippen molar-refractivity contribution in [3.8, 4) is 0 Å². The zero-order valence-corrected chi connectivity index (χ0v) is 13.3. The van der Waals surface area contributed by atoms with Crippen molar-refractivity contribution >= 4 is 39.3 Å². The van der Waals surface area contributed by atoms with Crippen LogP contribution in [0, 0.1) is 0 Å². The van der Waals surface area contributed by atoms with Crippen molar-refractivity contribution in [2.45, 2.75) is 25.5 Å². The third-order valence-corrected chi connectivity index (χ3v) is 3.84. The Kier molecular flexibility index (Phi) is 5.43. The minimum Gasteiger partial charge on any atom is -0.325 e. The molecule has 0 bridgehead atoms. The average molecular weight is 317 g/mol. The van der Waals surface area contributed by atoms with Gasteiger partial charge in [-0.3, -0.25) is 9.52 Å². The highest BCUT2D eigenvalue weighted by Crippen LogP contribution is 2.23. The van der Waals surface area contributed by atoms with E-state index in [0.29, 0.717) is 17.1 Å². The molecule has 1 aromatic carbocycles. The van der Waals surface area contributed by atoms with Crippen molar-refractivity contribution in [3.63, 3.8) is 0 Å². The lowest BCUT2D eigenvalue weighted by atomic mass is 10.3. The van der Waals surface area contributed by atoms with Crippen LogP contribution in [0.4, 0.5) is 11.4 Å². The first-order valence-electron chi connectivity index (χ1n) is 5.90. The number of amides is 1. The van der Waals surface area contributed by atoms with E-state index in [4.69, 9.17) is 5.14 Å². The van der Waals surface area contributed by atoms with Gasteiger partial charge in [0.15, 0.2) is 0 Å². The fourth-order valence-electron chi connectivity index (χ4n) is 1.30. The summed E-state index contributed by atoms with van der Waals surface area (Å²) in [5, 5.41) is 7.59. The highest BCUT2D eigenvalue weighted by Gasteiger charge is 2.13. The number of hydrogen-bond donors (Lipinski definition) is 3. The molecule has 4 N–H and O–H groups in total. The summed E-state index contributed by atoms with van der Waals surface area (Å²) in [6, 6.07) is 6.35. The minimum absolute atomic E-state index is 0.00831. The molecule has 0 radical (unpaired) electrons. The van der Waals surface area contributed by atoms with E-state index in [2.05, 4.69) is 10.0 Å². The average Bonchev–Trinajstić information content (AvgIpc) is 2.23. The van der Waals surface area contributed by atoms with Crippen LogP contribution in [0.5, 0.6) is 0 Å². The van der Waals surface area contributed by atoms with Crippen LogP contribution in [0.1, 0.15) is 20.8 Å². The van der Waals surface area contributed by atoms with Gasteiger partial charge < -0.3 is 5.32 Å². The highest BCUT2D eigenvalue weighted by molar-refractivity contribution is 8.01. The van der Waals surface area contributed by atoms with Crippen LogP contribution in [0.3, 0.4) is 0 Å². The maximum Gasteiger partial charge on any atom is 0.296 e. The van der Waals surface area contributed by atoms with Crippen molar-refractivity contribution in [3.05, 3.63) is 24.3 Å². The number of nitrogens with two attached hydrogens (primary N) is 1. The summed E-state index contributed by atoms with van der Waals surface area (Å²) < 4.78 is 24.0. The first-order chi connectivity index (χ1) is 9.05. The monoisotopic (exact) mass is 317 g/mol. The van der Waals surface area contributed by atoms with Crippen LogP contribution >= 0.6 is 11.8 Å². The molecule has 0 unspecified atom stereocenters. The lowest BCUT2D eigenvalue weighted by Crippen LogP contribution is -2.22. The Morgan fingerprint density at radius 2 is 1.90 bits per heavy atom. The fourth-order valence-corrected chi connectivity index (χ4v) is 2.40. The number of benzene rings is 1. The second-order valence-electron chi connectivity index (χ2n) is 5.18. The standard InChI is InChI=1S/C12H19N3O3S2/c1-12(2,3)19-8-11(16)14-9-5-4-6-10(7-9)15-20(13,17)18/h4-7,15H,8H2,1-3H3,(H,14,16)(H2,13,17,18). The van der Waals surface area contributed by atoms with Crippen LogP contribution in [-0.4, -0.2) is 24.8 Å². The number of hydrogen-bond acceptors (Lipinski definition) is 4. The lowest BCUT2D eigenvalue weighted by Gasteiger charge is -2.17. The number of rotatable bonds is 5. The topological polar surface area (TPSA) is 101 Å². The number of carbonyl (C=O) groups excluding carboxylic acids is 1. The molecule has 112 valence electrons. The normalized spacial score (nSPS) is 12.0. The maximum absolute atomic E-state index is 11.8. The van der Waals surface area contributed by atoms with Gasteiger partial charge in [0.2, 0.25) is 5.91 Å². The number of carbonyl (C=O) groups is 1. The third kappa shape index (κ3) is 7.37. The Balaban J connectivity index is 2.64. The number of thioether (sulfide) groups is 1. The molecule has 0 aliphatic heterocycles. The fraction of sp³-hybridized carbons (Fsp3) is 0.417. The highest BCUT2D eigenvalue weighted by atomic mass is 32.2.